The van der Waals surface area contributed by atoms with Gasteiger partial charge in [0.15, 0.2) is 0 Å². The Balaban J connectivity index is 1.56. The Bertz CT molecular complexity index is 1010. The van der Waals surface area contributed by atoms with Crippen LogP contribution in [-0.4, -0.2) is 28.1 Å². The van der Waals surface area contributed by atoms with Gasteiger partial charge in [-0.1, -0.05) is 67.4 Å². The van der Waals surface area contributed by atoms with Crippen LogP contribution in [-0.2, 0) is 16.0 Å². The molecule has 1 aromatic heterocycles. The number of carbonyl (C=O) groups is 2. The van der Waals surface area contributed by atoms with Crippen molar-refractivity contribution in [3.05, 3.63) is 58.5 Å². The fraction of sp³-hybridized carbons (Fsp3) is 0.481. The average molecular weight is 489 g/mol. The van der Waals surface area contributed by atoms with Gasteiger partial charge in [0.2, 0.25) is 0 Å². The van der Waals surface area contributed by atoms with Crippen LogP contribution >= 0.6 is 22.9 Å². The number of aryl methyl sites for hydroxylation is 1. The van der Waals surface area contributed by atoms with Gasteiger partial charge in [0.1, 0.15) is 5.78 Å². The quantitative estimate of drug-likeness (QED) is 0.253. The van der Waals surface area contributed by atoms with Crippen LogP contribution in [0.2, 0.25) is 5.02 Å². The van der Waals surface area contributed by atoms with Crippen molar-refractivity contribution >= 4 is 44.8 Å². The number of Topliss-reactive ketones (excluding diaryl/α,β-unsaturated/α-hetero) is 1. The lowest BCUT2D eigenvalue weighted by Gasteiger charge is -2.19. The number of aliphatic hydroxyl groups is 1. The molecule has 3 rings (SSSR count). The molecule has 33 heavy (non-hydrogen) atoms. The Morgan fingerprint density at radius 1 is 1.30 bits per heavy atom. The maximum Gasteiger partial charge on any atom is 0.303 e. The molecule has 0 saturated heterocycles. The monoisotopic (exact) mass is 488 g/mol. The zero-order valence-electron chi connectivity index (χ0n) is 19.1. The number of hydrogen-bond acceptors (Lipinski definition) is 4. The van der Waals surface area contributed by atoms with Gasteiger partial charge in [0.05, 0.1) is 11.1 Å². The van der Waals surface area contributed by atoms with E-state index in [1.54, 1.807) is 11.3 Å². The zero-order valence-corrected chi connectivity index (χ0v) is 20.7. The minimum atomic E-state index is -0.779. The van der Waals surface area contributed by atoms with Gasteiger partial charge in [-0.3, -0.25) is 9.59 Å². The second kappa shape index (κ2) is 12.5. The molecule has 1 heterocycles. The molecule has 1 fully saturated rings. The van der Waals surface area contributed by atoms with Gasteiger partial charge in [0, 0.05) is 33.7 Å². The zero-order chi connectivity index (χ0) is 23.8. The molecule has 1 aromatic carbocycles. The number of carbonyl (C=O) groups excluding carboxylic acids is 1. The molecule has 6 heteroatoms. The van der Waals surface area contributed by atoms with Gasteiger partial charge in [-0.15, -0.1) is 11.3 Å². The largest absolute Gasteiger partial charge is 0.481 e. The summed E-state index contributed by atoms with van der Waals surface area (Å²) in [4.78, 5) is 24.3. The van der Waals surface area contributed by atoms with E-state index < -0.39 is 12.1 Å². The summed E-state index contributed by atoms with van der Waals surface area (Å²) in [5.74, 6) is -0.111. The lowest BCUT2D eigenvalue weighted by Crippen LogP contribution is -2.16. The number of rotatable bonds is 12. The summed E-state index contributed by atoms with van der Waals surface area (Å²) < 4.78 is 1.16. The number of benzene rings is 1. The van der Waals surface area contributed by atoms with E-state index in [9.17, 15) is 14.7 Å². The summed E-state index contributed by atoms with van der Waals surface area (Å²) in [6.07, 6.45) is 12.3. The Labute approximate surface area is 205 Å². The van der Waals surface area contributed by atoms with Gasteiger partial charge < -0.3 is 10.2 Å². The highest BCUT2D eigenvalue weighted by atomic mass is 35.5. The number of hydrogen-bond donors (Lipinski definition) is 2. The molecule has 178 valence electrons. The third-order valence-corrected chi connectivity index (χ3v) is 8.33. The first-order chi connectivity index (χ1) is 15.9. The molecule has 0 aliphatic heterocycles. The summed E-state index contributed by atoms with van der Waals surface area (Å²) in [7, 11) is 0. The highest BCUT2D eigenvalue weighted by molar-refractivity contribution is 7.19. The highest BCUT2D eigenvalue weighted by Gasteiger charge is 2.39. The fourth-order valence-corrected chi connectivity index (χ4v) is 6.22. The number of aliphatic hydroxyl groups excluding tert-OH is 1. The number of ketones is 1. The Hall–Kier alpha value is -1.95. The number of thiophene rings is 1. The van der Waals surface area contributed by atoms with Gasteiger partial charge in [-0.05, 0) is 50.0 Å². The van der Waals surface area contributed by atoms with E-state index in [1.807, 2.05) is 36.4 Å². The van der Waals surface area contributed by atoms with Crippen LogP contribution in [0.3, 0.4) is 0 Å². The molecule has 4 nitrogen and oxygen atoms in total. The average Bonchev–Trinajstić information content (AvgIpc) is 3.29. The SMILES string of the molecule is CC[C@@H]1CC(=O)[C@H](CC=CCCCC(=O)O)[C@H]1C=CC(O)CCc1sc2ccccc2c1Cl. The Morgan fingerprint density at radius 3 is 2.82 bits per heavy atom. The van der Waals surface area contributed by atoms with Crippen molar-refractivity contribution in [1.82, 2.24) is 0 Å². The molecule has 2 aromatic rings. The van der Waals surface area contributed by atoms with Crippen molar-refractivity contribution in [1.29, 1.82) is 0 Å². The van der Waals surface area contributed by atoms with Crippen molar-refractivity contribution in [2.45, 2.75) is 64.4 Å². The molecular formula is C27H33ClO4S. The summed E-state index contributed by atoms with van der Waals surface area (Å²) >= 11 is 8.21. The number of aliphatic carboxylic acids is 1. The highest BCUT2D eigenvalue weighted by Crippen LogP contribution is 2.40. The summed E-state index contributed by atoms with van der Waals surface area (Å²) in [6, 6.07) is 8.08. The molecule has 0 radical (unpaired) electrons. The molecular weight excluding hydrogens is 456 g/mol. The topological polar surface area (TPSA) is 74.6 Å². The Kier molecular flexibility index (Phi) is 9.72. The van der Waals surface area contributed by atoms with E-state index in [2.05, 4.69) is 19.1 Å². The van der Waals surface area contributed by atoms with Gasteiger partial charge in [-0.2, -0.15) is 0 Å². The smallest absolute Gasteiger partial charge is 0.303 e. The lowest BCUT2D eigenvalue weighted by atomic mass is 9.85. The first-order valence-corrected chi connectivity index (χ1v) is 13.0. The van der Waals surface area contributed by atoms with Gasteiger partial charge in [-0.25, -0.2) is 0 Å². The van der Waals surface area contributed by atoms with E-state index in [0.717, 1.165) is 26.4 Å². The van der Waals surface area contributed by atoms with Gasteiger partial charge >= 0.3 is 5.97 Å². The number of unbranched alkanes of at least 4 members (excludes halogenated alkanes) is 1. The molecule has 4 atom stereocenters. The summed E-state index contributed by atoms with van der Waals surface area (Å²) in [6.45, 7) is 2.11. The molecule has 1 aliphatic rings. The van der Waals surface area contributed by atoms with Crippen molar-refractivity contribution in [2.75, 3.05) is 0 Å². The van der Waals surface area contributed by atoms with Crippen LogP contribution in [0.25, 0.3) is 10.1 Å². The number of carboxylic acid groups (broad SMARTS) is 1. The van der Waals surface area contributed by atoms with Crippen LogP contribution in [0.1, 0.15) is 56.7 Å². The van der Waals surface area contributed by atoms with E-state index in [4.69, 9.17) is 16.7 Å². The maximum absolute atomic E-state index is 12.6. The molecule has 0 spiro atoms. The number of carboxylic acids is 1. The minimum Gasteiger partial charge on any atom is -0.481 e. The second-order valence-electron chi connectivity index (χ2n) is 8.84. The number of fused-ring (bicyclic) bond motifs is 1. The predicted molar refractivity (Wildman–Crippen MR) is 136 cm³/mol. The summed E-state index contributed by atoms with van der Waals surface area (Å²) in [5, 5.41) is 21.2. The second-order valence-corrected chi connectivity index (χ2v) is 10.4. The van der Waals surface area contributed by atoms with E-state index >= 15 is 0 Å². The van der Waals surface area contributed by atoms with Crippen LogP contribution in [0.4, 0.5) is 0 Å². The molecule has 2 N–H and O–H groups in total. The van der Waals surface area contributed by atoms with Crippen LogP contribution in [0, 0.1) is 17.8 Å². The minimum absolute atomic E-state index is 0.0637. The van der Waals surface area contributed by atoms with Crippen LogP contribution in [0.5, 0.6) is 0 Å². The third-order valence-electron chi connectivity index (χ3n) is 6.55. The van der Waals surface area contributed by atoms with E-state index in [-0.39, 0.29) is 18.3 Å². The van der Waals surface area contributed by atoms with Crippen LogP contribution in [0.15, 0.2) is 48.6 Å². The molecule has 1 unspecified atom stereocenters. The third kappa shape index (κ3) is 7.02. The molecule has 1 aliphatic carbocycles. The van der Waals surface area contributed by atoms with E-state index in [1.165, 1.54) is 0 Å². The van der Waals surface area contributed by atoms with Crippen molar-refractivity contribution in [2.24, 2.45) is 17.8 Å². The predicted octanol–water partition coefficient (Wildman–Crippen LogP) is 6.84. The summed E-state index contributed by atoms with van der Waals surface area (Å²) in [5.41, 5.74) is 0. The van der Waals surface area contributed by atoms with Crippen molar-refractivity contribution < 1.29 is 19.8 Å². The standard InChI is InChI=1S/C27H33ClO4S/c1-2-18-17-23(30)21(9-5-3-4-6-12-26(31)32)20(18)15-13-19(29)14-16-25-27(28)22-10-7-8-11-24(22)33-25/h3,5,7-8,10-11,13,15,18-21,29H,2,4,6,9,12,14,16-17H2,1H3,(H,31,32)/t18-,19?,20+,21-/m1/s1. The normalized spacial score (nSPS) is 22.2. The lowest BCUT2D eigenvalue weighted by molar-refractivity contribution is -0.137. The van der Waals surface area contributed by atoms with Crippen molar-refractivity contribution in [3.8, 4) is 0 Å². The fourth-order valence-electron chi connectivity index (χ4n) is 4.67. The molecule has 0 amide bonds. The van der Waals surface area contributed by atoms with E-state index in [0.29, 0.717) is 50.2 Å². The van der Waals surface area contributed by atoms with Gasteiger partial charge in [0.25, 0.3) is 0 Å². The number of allylic oxidation sites excluding steroid dienone is 3. The first kappa shape index (κ1) is 25.7. The molecule has 1 saturated carbocycles. The maximum atomic E-state index is 12.6. The molecule has 0 bridgehead atoms. The number of halogens is 1. The van der Waals surface area contributed by atoms with Crippen LogP contribution < -0.4 is 0 Å². The Morgan fingerprint density at radius 2 is 2.09 bits per heavy atom. The first-order valence-electron chi connectivity index (χ1n) is 11.8. The van der Waals surface area contributed by atoms with Crippen molar-refractivity contribution in [3.63, 3.8) is 0 Å².